The Labute approximate surface area is 91.3 Å². The molecule has 1 aromatic heterocycles. The second-order valence-corrected chi connectivity index (χ2v) is 4.38. The third kappa shape index (κ3) is 2.99. The first-order valence-electron chi connectivity index (χ1n) is 5.85. The minimum Gasteiger partial charge on any atom is -0.307 e. The van der Waals surface area contributed by atoms with Gasteiger partial charge in [-0.25, -0.2) is 9.97 Å². The first kappa shape index (κ1) is 10.6. The van der Waals surface area contributed by atoms with Gasteiger partial charge in [0.1, 0.15) is 5.82 Å². The fraction of sp³-hybridized carbons (Fsp3) is 0.667. The lowest BCUT2D eigenvalue weighted by Crippen LogP contribution is -2.32. The summed E-state index contributed by atoms with van der Waals surface area (Å²) < 4.78 is 0. The van der Waals surface area contributed by atoms with Crippen molar-refractivity contribution in [3.8, 4) is 0 Å². The first-order chi connectivity index (χ1) is 7.36. The van der Waals surface area contributed by atoms with Gasteiger partial charge < -0.3 is 5.32 Å². The van der Waals surface area contributed by atoms with Gasteiger partial charge >= 0.3 is 0 Å². The maximum Gasteiger partial charge on any atom is 0.141 e. The van der Waals surface area contributed by atoms with Crippen molar-refractivity contribution in [1.29, 1.82) is 0 Å². The zero-order valence-electron chi connectivity index (χ0n) is 9.32. The molecule has 1 fully saturated rings. The van der Waals surface area contributed by atoms with E-state index in [2.05, 4.69) is 22.2 Å². The lowest BCUT2D eigenvalue weighted by atomic mass is 10.00. The summed E-state index contributed by atoms with van der Waals surface area (Å²) in [5, 5.41) is 3.52. The molecule has 1 aliphatic rings. The average Bonchev–Trinajstić information content (AvgIpc) is 2.81. The van der Waals surface area contributed by atoms with Crippen LogP contribution in [0.5, 0.6) is 0 Å². The van der Waals surface area contributed by atoms with Crippen LogP contribution in [0.25, 0.3) is 0 Å². The molecule has 0 saturated heterocycles. The Morgan fingerprint density at radius 1 is 1.33 bits per heavy atom. The van der Waals surface area contributed by atoms with Crippen molar-refractivity contribution in [3.05, 3.63) is 24.3 Å². The predicted octanol–water partition coefficient (Wildman–Crippen LogP) is 2.14. The van der Waals surface area contributed by atoms with E-state index >= 15 is 0 Å². The van der Waals surface area contributed by atoms with Crippen molar-refractivity contribution in [2.75, 3.05) is 0 Å². The van der Waals surface area contributed by atoms with Gasteiger partial charge in [-0.1, -0.05) is 12.8 Å². The van der Waals surface area contributed by atoms with E-state index in [1.807, 2.05) is 6.07 Å². The molecule has 1 atom stereocenters. The molecule has 1 aromatic rings. The molecule has 1 aliphatic carbocycles. The lowest BCUT2D eigenvalue weighted by Gasteiger charge is -2.19. The van der Waals surface area contributed by atoms with Crippen LogP contribution in [0.2, 0.25) is 0 Å². The Bertz CT molecular complexity index is 280. The monoisotopic (exact) mass is 205 g/mol. The third-order valence-corrected chi connectivity index (χ3v) is 3.31. The Kier molecular flexibility index (Phi) is 3.67. The summed E-state index contributed by atoms with van der Waals surface area (Å²) in [6, 6.07) is 2.44. The van der Waals surface area contributed by atoms with Crippen molar-refractivity contribution in [2.45, 2.75) is 45.2 Å². The fourth-order valence-corrected chi connectivity index (χ4v) is 2.30. The molecule has 0 aliphatic heterocycles. The number of aromatic nitrogens is 2. The van der Waals surface area contributed by atoms with E-state index in [9.17, 15) is 0 Å². The molecule has 1 saturated carbocycles. The van der Waals surface area contributed by atoms with Gasteiger partial charge in [0.15, 0.2) is 0 Å². The molecule has 2 rings (SSSR count). The van der Waals surface area contributed by atoms with Crippen molar-refractivity contribution in [1.82, 2.24) is 15.3 Å². The SMILES string of the molecule is C[C@@H](NCc1ncccn1)C1CCCC1. The molecule has 0 spiro atoms. The van der Waals surface area contributed by atoms with E-state index in [0.29, 0.717) is 6.04 Å². The van der Waals surface area contributed by atoms with Gasteiger partial charge in [-0.15, -0.1) is 0 Å². The summed E-state index contributed by atoms with van der Waals surface area (Å²) in [7, 11) is 0. The highest BCUT2D eigenvalue weighted by molar-refractivity contribution is 4.89. The van der Waals surface area contributed by atoms with Gasteiger partial charge in [0.2, 0.25) is 0 Å². The lowest BCUT2D eigenvalue weighted by molar-refractivity contribution is 0.377. The summed E-state index contributed by atoms with van der Waals surface area (Å²) in [6.45, 7) is 3.07. The molecule has 1 N–H and O–H groups in total. The molecule has 0 aromatic carbocycles. The largest absolute Gasteiger partial charge is 0.307 e. The Balaban J connectivity index is 1.77. The van der Waals surface area contributed by atoms with E-state index in [4.69, 9.17) is 0 Å². The van der Waals surface area contributed by atoms with Crippen LogP contribution in [0.3, 0.4) is 0 Å². The quantitative estimate of drug-likeness (QED) is 0.818. The van der Waals surface area contributed by atoms with E-state index < -0.39 is 0 Å². The summed E-state index contributed by atoms with van der Waals surface area (Å²) in [5.74, 6) is 1.75. The van der Waals surface area contributed by atoms with Crippen LogP contribution in [0.1, 0.15) is 38.4 Å². The third-order valence-electron chi connectivity index (χ3n) is 3.31. The van der Waals surface area contributed by atoms with Crippen LogP contribution in [-0.4, -0.2) is 16.0 Å². The van der Waals surface area contributed by atoms with Crippen LogP contribution < -0.4 is 5.32 Å². The Morgan fingerprint density at radius 2 is 2.00 bits per heavy atom. The minimum atomic E-state index is 0.594. The first-order valence-corrected chi connectivity index (χ1v) is 5.85. The van der Waals surface area contributed by atoms with Gasteiger partial charge in [0.25, 0.3) is 0 Å². The highest BCUT2D eigenvalue weighted by Gasteiger charge is 2.20. The number of hydrogen-bond donors (Lipinski definition) is 1. The summed E-state index contributed by atoms with van der Waals surface area (Å²) >= 11 is 0. The zero-order chi connectivity index (χ0) is 10.5. The second-order valence-electron chi connectivity index (χ2n) is 4.38. The van der Waals surface area contributed by atoms with Crippen LogP contribution in [-0.2, 0) is 6.54 Å². The molecule has 1 heterocycles. The van der Waals surface area contributed by atoms with Crippen LogP contribution in [0.4, 0.5) is 0 Å². The highest BCUT2D eigenvalue weighted by Crippen LogP contribution is 2.27. The zero-order valence-corrected chi connectivity index (χ0v) is 9.32. The van der Waals surface area contributed by atoms with Gasteiger partial charge in [0, 0.05) is 18.4 Å². The molecule has 0 bridgehead atoms. The van der Waals surface area contributed by atoms with E-state index in [0.717, 1.165) is 18.3 Å². The molecule has 0 unspecified atom stereocenters. The van der Waals surface area contributed by atoms with Crippen molar-refractivity contribution >= 4 is 0 Å². The summed E-state index contributed by atoms with van der Waals surface area (Å²) in [5.41, 5.74) is 0. The maximum absolute atomic E-state index is 4.20. The predicted molar refractivity (Wildman–Crippen MR) is 60.3 cm³/mol. The van der Waals surface area contributed by atoms with Crippen LogP contribution >= 0.6 is 0 Å². The number of rotatable bonds is 4. The molecule has 3 nitrogen and oxygen atoms in total. The molecule has 0 radical (unpaired) electrons. The molecule has 82 valence electrons. The minimum absolute atomic E-state index is 0.594. The number of nitrogens with one attached hydrogen (secondary N) is 1. The van der Waals surface area contributed by atoms with Gasteiger partial charge in [-0.2, -0.15) is 0 Å². The molecular weight excluding hydrogens is 186 g/mol. The normalized spacial score (nSPS) is 19.3. The van der Waals surface area contributed by atoms with E-state index in [1.165, 1.54) is 25.7 Å². The number of hydrogen-bond acceptors (Lipinski definition) is 3. The standard InChI is InChI=1S/C12H19N3/c1-10(11-5-2-3-6-11)15-9-12-13-7-4-8-14-12/h4,7-8,10-11,15H,2-3,5-6,9H2,1H3/t10-/m1/s1. The molecule has 3 heteroatoms. The van der Waals surface area contributed by atoms with Crippen molar-refractivity contribution in [3.63, 3.8) is 0 Å². The fourth-order valence-electron chi connectivity index (χ4n) is 2.30. The maximum atomic E-state index is 4.20. The van der Waals surface area contributed by atoms with Crippen LogP contribution in [0.15, 0.2) is 18.5 Å². The van der Waals surface area contributed by atoms with Crippen LogP contribution in [0, 0.1) is 5.92 Å². The Hall–Kier alpha value is -0.960. The molecular formula is C12H19N3. The van der Waals surface area contributed by atoms with E-state index in [1.54, 1.807) is 12.4 Å². The Morgan fingerprint density at radius 3 is 2.67 bits per heavy atom. The molecule has 0 amide bonds. The topological polar surface area (TPSA) is 37.8 Å². The summed E-state index contributed by atoms with van der Waals surface area (Å²) in [4.78, 5) is 8.41. The molecule has 15 heavy (non-hydrogen) atoms. The highest BCUT2D eigenvalue weighted by atomic mass is 15.0. The number of nitrogens with zero attached hydrogens (tertiary/aromatic N) is 2. The van der Waals surface area contributed by atoms with Crippen molar-refractivity contribution < 1.29 is 0 Å². The summed E-state index contributed by atoms with van der Waals surface area (Å²) in [6.07, 6.45) is 9.15. The van der Waals surface area contributed by atoms with Crippen molar-refractivity contribution in [2.24, 2.45) is 5.92 Å². The average molecular weight is 205 g/mol. The van der Waals surface area contributed by atoms with E-state index in [-0.39, 0.29) is 0 Å². The second kappa shape index (κ2) is 5.21. The van der Waals surface area contributed by atoms with Gasteiger partial charge in [-0.3, -0.25) is 0 Å². The van der Waals surface area contributed by atoms with Gasteiger partial charge in [0.05, 0.1) is 6.54 Å². The van der Waals surface area contributed by atoms with Gasteiger partial charge in [-0.05, 0) is 31.7 Å². The smallest absolute Gasteiger partial charge is 0.141 e.